The second-order valence-corrected chi connectivity index (χ2v) is 8.53. The molecule has 0 bridgehead atoms. The third-order valence-corrected chi connectivity index (χ3v) is 6.71. The van der Waals surface area contributed by atoms with E-state index in [0.717, 1.165) is 29.7 Å². The molecule has 2 aromatic rings. The van der Waals surface area contributed by atoms with Crippen LogP contribution in [0.4, 0.5) is 8.78 Å². The summed E-state index contributed by atoms with van der Waals surface area (Å²) in [5, 5.41) is 1.03. The zero-order valence-corrected chi connectivity index (χ0v) is 16.0. The molecule has 144 valence electrons. The maximum atomic E-state index is 14.7. The molecule has 1 nitrogen and oxygen atoms in total. The van der Waals surface area contributed by atoms with E-state index in [2.05, 4.69) is 19.6 Å². The molecule has 2 fully saturated rings. The minimum absolute atomic E-state index is 0.0514. The molecule has 2 aliphatic carbocycles. The average Bonchev–Trinajstić information content (AvgIpc) is 2.69. The van der Waals surface area contributed by atoms with Gasteiger partial charge < -0.3 is 4.74 Å². The van der Waals surface area contributed by atoms with Crippen molar-refractivity contribution in [1.82, 2.24) is 0 Å². The fourth-order valence-electron chi connectivity index (χ4n) is 5.26. The highest BCUT2D eigenvalue weighted by Crippen LogP contribution is 2.47. The van der Waals surface area contributed by atoms with Gasteiger partial charge in [-0.1, -0.05) is 38.1 Å². The fraction of sp³-hybridized carbons (Fsp3) is 0.500. The SMILES string of the molecule is C=CCOc1cc2ccc(C3CCC4CC(C)CCC4C3)cc2c(F)c1F. The summed E-state index contributed by atoms with van der Waals surface area (Å²) < 4.78 is 34.3. The van der Waals surface area contributed by atoms with Gasteiger partial charge in [0.2, 0.25) is 5.82 Å². The molecular formula is C24H28F2O. The molecule has 2 saturated carbocycles. The van der Waals surface area contributed by atoms with Crippen molar-refractivity contribution in [1.29, 1.82) is 0 Å². The molecule has 0 N–H and O–H groups in total. The van der Waals surface area contributed by atoms with Crippen molar-refractivity contribution in [2.24, 2.45) is 17.8 Å². The lowest BCUT2D eigenvalue weighted by molar-refractivity contribution is 0.124. The predicted octanol–water partition coefficient (Wildman–Crippen LogP) is 7.00. The third-order valence-electron chi connectivity index (χ3n) is 6.71. The summed E-state index contributed by atoms with van der Waals surface area (Å²) in [7, 11) is 0. The summed E-state index contributed by atoms with van der Waals surface area (Å²) in [5.41, 5.74) is 1.15. The first-order chi connectivity index (χ1) is 13.1. The molecule has 2 aromatic carbocycles. The molecule has 0 radical (unpaired) electrons. The standard InChI is InChI=1S/C24H28F2O/c1-3-10-27-22-14-20-9-8-19(13-21(20)23(25)24(22)26)18-7-6-16-11-15(2)4-5-17(16)12-18/h3,8-9,13-18H,1,4-7,10-12H2,2H3. The monoisotopic (exact) mass is 370 g/mol. The molecule has 0 aromatic heterocycles. The van der Waals surface area contributed by atoms with Gasteiger partial charge in [0, 0.05) is 5.39 Å². The number of ether oxygens (including phenoxy) is 1. The lowest BCUT2D eigenvalue weighted by Gasteiger charge is -2.41. The van der Waals surface area contributed by atoms with E-state index < -0.39 is 11.6 Å². The molecule has 0 saturated heterocycles. The average molecular weight is 370 g/mol. The molecule has 2 aliphatic rings. The molecule has 0 aliphatic heterocycles. The number of benzene rings is 2. The van der Waals surface area contributed by atoms with Crippen LogP contribution in [0.15, 0.2) is 36.9 Å². The summed E-state index contributed by atoms with van der Waals surface area (Å²) in [6.07, 6.45) is 9.15. The van der Waals surface area contributed by atoms with Crippen molar-refractivity contribution < 1.29 is 13.5 Å². The Morgan fingerprint density at radius 2 is 1.81 bits per heavy atom. The van der Waals surface area contributed by atoms with E-state index in [1.54, 1.807) is 6.07 Å². The zero-order chi connectivity index (χ0) is 19.0. The van der Waals surface area contributed by atoms with E-state index in [-0.39, 0.29) is 12.4 Å². The van der Waals surface area contributed by atoms with E-state index in [4.69, 9.17) is 4.74 Å². The molecule has 3 heteroatoms. The molecule has 4 atom stereocenters. The van der Waals surface area contributed by atoms with Crippen molar-refractivity contribution in [2.45, 2.75) is 51.4 Å². The number of rotatable bonds is 4. The van der Waals surface area contributed by atoms with Gasteiger partial charge in [0.05, 0.1) is 0 Å². The maximum absolute atomic E-state index is 14.7. The molecule has 4 rings (SSSR count). The fourth-order valence-corrected chi connectivity index (χ4v) is 5.26. The van der Waals surface area contributed by atoms with Crippen LogP contribution in [0, 0.1) is 29.4 Å². The van der Waals surface area contributed by atoms with Gasteiger partial charge in [-0.05, 0) is 78.9 Å². The Morgan fingerprint density at radius 1 is 1.04 bits per heavy atom. The summed E-state index contributed by atoms with van der Waals surface area (Å²) in [5.74, 6) is 1.21. The van der Waals surface area contributed by atoms with Crippen molar-refractivity contribution in [3.63, 3.8) is 0 Å². The summed E-state index contributed by atoms with van der Waals surface area (Å²) in [6.45, 7) is 6.07. The van der Waals surface area contributed by atoms with Gasteiger partial charge in [0.15, 0.2) is 11.6 Å². The highest BCUT2D eigenvalue weighted by atomic mass is 19.2. The van der Waals surface area contributed by atoms with E-state index >= 15 is 0 Å². The van der Waals surface area contributed by atoms with Crippen LogP contribution in [0.2, 0.25) is 0 Å². The zero-order valence-electron chi connectivity index (χ0n) is 16.0. The van der Waals surface area contributed by atoms with Crippen LogP contribution in [-0.4, -0.2) is 6.61 Å². The normalized spacial score (nSPS) is 28.0. The molecule has 27 heavy (non-hydrogen) atoms. The smallest absolute Gasteiger partial charge is 0.201 e. The van der Waals surface area contributed by atoms with Crippen molar-refractivity contribution in [3.8, 4) is 5.75 Å². The van der Waals surface area contributed by atoms with Crippen molar-refractivity contribution in [2.75, 3.05) is 6.61 Å². The quantitative estimate of drug-likeness (QED) is 0.526. The van der Waals surface area contributed by atoms with Crippen LogP contribution < -0.4 is 4.74 Å². The first-order valence-corrected chi connectivity index (χ1v) is 10.2. The Bertz CT molecular complexity index is 844. The molecule has 0 amide bonds. The predicted molar refractivity (Wildman–Crippen MR) is 106 cm³/mol. The minimum Gasteiger partial charge on any atom is -0.486 e. The third kappa shape index (κ3) is 3.61. The Kier molecular flexibility index (Phi) is 5.21. The Morgan fingerprint density at radius 3 is 2.63 bits per heavy atom. The molecule has 0 spiro atoms. The van der Waals surface area contributed by atoms with Gasteiger partial charge in [0.25, 0.3) is 0 Å². The van der Waals surface area contributed by atoms with Crippen LogP contribution in [0.1, 0.15) is 56.9 Å². The Hall–Kier alpha value is -1.90. The van der Waals surface area contributed by atoms with Crippen LogP contribution in [-0.2, 0) is 0 Å². The second-order valence-electron chi connectivity index (χ2n) is 8.53. The van der Waals surface area contributed by atoms with E-state index in [0.29, 0.717) is 16.7 Å². The number of hydrogen-bond acceptors (Lipinski definition) is 1. The van der Waals surface area contributed by atoms with Crippen molar-refractivity contribution in [3.05, 3.63) is 54.1 Å². The van der Waals surface area contributed by atoms with Crippen LogP contribution in [0.5, 0.6) is 5.75 Å². The van der Waals surface area contributed by atoms with Gasteiger partial charge in [-0.2, -0.15) is 4.39 Å². The van der Waals surface area contributed by atoms with Crippen molar-refractivity contribution >= 4 is 10.8 Å². The van der Waals surface area contributed by atoms with Gasteiger partial charge >= 0.3 is 0 Å². The largest absolute Gasteiger partial charge is 0.486 e. The van der Waals surface area contributed by atoms with Gasteiger partial charge in [-0.3, -0.25) is 0 Å². The lowest BCUT2D eigenvalue weighted by atomic mass is 9.64. The molecule has 4 unspecified atom stereocenters. The van der Waals surface area contributed by atoms with E-state index in [9.17, 15) is 8.78 Å². The Balaban J connectivity index is 1.60. The van der Waals surface area contributed by atoms with Crippen LogP contribution >= 0.6 is 0 Å². The minimum atomic E-state index is -0.911. The molecular weight excluding hydrogens is 342 g/mol. The topological polar surface area (TPSA) is 9.23 Å². The lowest BCUT2D eigenvalue weighted by Crippen LogP contribution is -2.29. The van der Waals surface area contributed by atoms with Crippen LogP contribution in [0.25, 0.3) is 10.8 Å². The highest BCUT2D eigenvalue weighted by Gasteiger charge is 2.34. The first-order valence-electron chi connectivity index (χ1n) is 10.2. The number of halogens is 2. The van der Waals surface area contributed by atoms with E-state index in [1.807, 2.05) is 12.1 Å². The van der Waals surface area contributed by atoms with E-state index in [1.165, 1.54) is 38.2 Å². The number of hydrogen-bond donors (Lipinski definition) is 0. The summed E-state index contributed by atoms with van der Waals surface area (Å²) >= 11 is 0. The highest BCUT2D eigenvalue weighted by molar-refractivity contribution is 5.85. The van der Waals surface area contributed by atoms with Crippen LogP contribution in [0.3, 0.4) is 0 Å². The first kappa shape index (κ1) is 18.5. The molecule has 0 heterocycles. The van der Waals surface area contributed by atoms with Gasteiger partial charge in [0.1, 0.15) is 6.61 Å². The van der Waals surface area contributed by atoms with Gasteiger partial charge in [-0.15, -0.1) is 0 Å². The number of fused-ring (bicyclic) bond motifs is 2. The summed E-state index contributed by atoms with van der Waals surface area (Å²) in [6, 6.07) is 7.44. The van der Waals surface area contributed by atoms with Gasteiger partial charge in [-0.25, -0.2) is 4.39 Å². The Labute approximate surface area is 160 Å². The summed E-state index contributed by atoms with van der Waals surface area (Å²) in [4.78, 5) is 0. The second kappa shape index (κ2) is 7.61. The maximum Gasteiger partial charge on any atom is 0.201 e.